The molecular weight excluding hydrogens is 274 g/mol. The number of thiazole rings is 1. The van der Waals surface area contributed by atoms with Crippen molar-refractivity contribution in [3.05, 3.63) is 56.2 Å². The first-order valence-electron chi connectivity index (χ1n) is 6.21. The highest BCUT2D eigenvalue weighted by atomic mass is 32.1. The molecule has 0 saturated heterocycles. The zero-order chi connectivity index (χ0) is 14.3. The molecule has 20 heavy (non-hydrogen) atoms. The number of aromatic nitrogens is 2. The average Bonchev–Trinajstić information content (AvgIpc) is 2.94. The summed E-state index contributed by atoms with van der Waals surface area (Å²) in [6, 6.07) is 6.94. The van der Waals surface area contributed by atoms with E-state index in [1.165, 1.54) is 10.9 Å². The number of nitro benzene ring substituents is 1. The largest absolute Gasteiger partial charge is 0.340 e. The van der Waals surface area contributed by atoms with Crippen molar-refractivity contribution in [2.45, 2.75) is 20.4 Å². The topological polar surface area (TPSA) is 61.0 Å². The fraction of sp³-hybridized carbons (Fsp3) is 0.214. The quantitative estimate of drug-likeness (QED) is 0.545. The van der Waals surface area contributed by atoms with E-state index in [2.05, 4.69) is 11.9 Å². The summed E-state index contributed by atoms with van der Waals surface area (Å²) in [5.41, 5.74) is 2.06. The molecule has 0 N–H and O–H groups in total. The molecule has 0 aliphatic carbocycles. The van der Waals surface area contributed by atoms with Gasteiger partial charge in [0, 0.05) is 17.1 Å². The fourth-order valence-corrected chi connectivity index (χ4v) is 3.19. The molecule has 102 valence electrons. The van der Waals surface area contributed by atoms with Crippen molar-refractivity contribution >= 4 is 27.9 Å². The lowest BCUT2D eigenvalue weighted by Crippen LogP contribution is -1.97. The lowest BCUT2D eigenvalue weighted by Gasteiger charge is -2.02. The lowest BCUT2D eigenvalue weighted by molar-refractivity contribution is -0.383. The molecule has 2 heterocycles. The second-order valence-electron chi connectivity index (χ2n) is 4.66. The van der Waals surface area contributed by atoms with Crippen molar-refractivity contribution in [1.82, 2.24) is 9.55 Å². The Labute approximate surface area is 119 Å². The molecule has 0 unspecified atom stereocenters. The maximum Gasteiger partial charge on any atom is 0.278 e. The van der Waals surface area contributed by atoms with Gasteiger partial charge in [0.25, 0.3) is 5.69 Å². The van der Waals surface area contributed by atoms with Crippen LogP contribution in [0, 0.1) is 24.0 Å². The second kappa shape index (κ2) is 4.72. The predicted molar refractivity (Wildman–Crippen MR) is 79.3 cm³/mol. The van der Waals surface area contributed by atoms with Gasteiger partial charge < -0.3 is 4.57 Å². The highest BCUT2D eigenvalue weighted by Crippen LogP contribution is 2.27. The lowest BCUT2D eigenvalue weighted by atomic mass is 10.2. The van der Waals surface area contributed by atoms with E-state index in [1.807, 2.05) is 23.8 Å². The Kier molecular flexibility index (Phi) is 3.02. The first-order chi connectivity index (χ1) is 9.56. The van der Waals surface area contributed by atoms with Crippen LogP contribution in [0.5, 0.6) is 0 Å². The predicted octanol–water partition coefficient (Wildman–Crippen LogP) is 3.67. The Hall–Kier alpha value is -2.21. The molecule has 3 aromatic rings. The number of hydrogen-bond donors (Lipinski definition) is 0. The van der Waals surface area contributed by atoms with Crippen molar-refractivity contribution in [2.24, 2.45) is 0 Å². The molecule has 0 bridgehead atoms. The molecule has 0 saturated carbocycles. The number of non-ortho nitro benzene ring substituents is 1. The van der Waals surface area contributed by atoms with Crippen molar-refractivity contribution in [2.75, 3.05) is 0 Å². The summed E-state index contributed by atoms with van der Waals surface area (Å²) < 4.78 is 2.00. The van der Waals surface area contributed by atoms with Gasteiger partial charge in [0.1, 0.15) is 5.01 Å². The van der Waals surface area contributed by atoms with Crippen LogP contribution in [0.2, 0.25) is 0 Å². The maximum atomic E-state index is 11.0. The van der Waals surface area contributed by atoms with E-state index in [4.69, 9.17) is 0 Å². The molecule has 0 atom stereocenters. The first kappa shape index (κ1) is 12.8. The van der Waals surface area contributed by atoms with Crippen LogP contribution in [0.15, 0.2) is 30.5 Å². The number of rotatable bonds is 3. The summed E-state index contributed by atoms with van der Waals surface area (Å²) in [7, 11) is 0. The minimum atomic E-state index is -0.343. The first-order valence-corrected chi connectivity index (χ1v) is 7.03. The fourth-order valence-electron chi connectivity index (χ4n) is 2.26. The van der Waals surface area contributed by atoms with Crippen LogP contribution in [-0.4, -0.2) is 14.5 Å². The van der Waals surface area contributed by atoms with Crippen molar-refractivity contribution in [3.8, 4) is 0 Å². The number of fused-ring (bicyclic) bond motifs is 1. The molecule has 0 aliphatic heterocycles. The summed E-state index contributed by atoms with van der Waals surface area (Å²) in [6.45, 7) is 4.69. The van der Waals surface area contributed by atoms with Crippen LogP contribution in [0.1, 0.15) is 15.6 Å². The molecule has 0 spiro atoms. The monoisotopic (exact) mass is 287 g/mol. The van der Waals surface area contributed by atoms with Crippen LogP contribution in [0.25, 0.3) is 10.9 Å². The molecule has 2 aromatic heterocycles. The molecule has 6 heteroatoms. The van der Waals surface area contributed by atoms with Gasteiger partial charge in [0.15, 0.2) is 0 Å². The Morgan fingerprint density at radius 3 is 2.80 bits per heavy atom. The number of nitro groups is 1. The molecule has 0 radical (unpaired) electrons. The summed E-state index contributed by atoms with van der Waals surface area (Å²) in [5.74, 6) is 0. The number of hydrogen-bond acceptors (Lipinski definition) is 4. The van der Waals surface area contributed by atoms with Crippen LogP contribution in [0.4, 0.5) is 5.69 Å². The molecule has 3 rings (SSSR count). The van der Waals surface area contributed by atoms with Gasteiger partial charge in [0.05, 0.1) is 28.1 Å². The van der Waals surface area contributed by atoms with Crippen LogP contribution >= 0.6 is 11.3 Å². The van der Waals surface area contributed by atoms with Crippen molar-refractivity contribution in [3.63, 3.8) is 0 Å². The van der Waals surface area contributed by atoms with Gasteiger partial charge in [-0.1, -0.05) is 6.07 Å². The van der Waals surface area contributed by atoms with E-state index in [9.17, 15) is 10.1 Å². The zero-order valence-electron chi connectivity index (χ0n) is 11.2. The molecule has 5 nitrogen and oxygen atoms in total. The smallest absolute Gasteiger partial charge is 0.278 e. The second-order valence-corrected chi connectivity index (χ2v) is 5.95. The van der Waals surface area contributed by atoms with Gasteiger partial charge in [-0.25, -0.2) is 4.98 Å². The van der Waals surface area contributed by atoms with E-state index in [0.29, 0.717) is 11.9 Å². The number of aryl methyl sites for hydroxylation is 2. The van der Waals surface area contributed by atoms with Crippen LogP contribution < -0.4 is 0 Å². The average molecular weight is 287 g/mol. The van der Waals surface area contributed by atoms with Crippen LogP contribution in [-0.2, 0) is 6.54 Å². The third-order valence-electron chi connectivity index (χ3n) is 3.37. The molecule has 0 aliphatic rings. The summed E-state index contributed by atoms with van der Waals surface area (Å²) in [4.78, 5) is 16.4. The molecule has 1 aromatic carbocycles. The van der Waals surface area contributed by atoms with E-state index in [1.54, 1.807) is 23.5 Å². The Morgan fingerprint density at radius 1 is 1.35 bits per heavy atom. The van der Waals surface area contributed by atoms with Crippen molar-refractivity contribution < 1.29 is 4.92 Å². The standard InChI is InChI=1S/C14H13N3O2S/c1-9-10(2)20-14(15-9)8-16-7-6-11-12(16)4-3-5-13(11)17(18)19/h3-7H,8H2,1-2H3. The van der Waals surface area contributed by atoms with Crippen LogP contribution in [0.3, 0.4) is 0 Å². The van der Waals surface area contributed by atoms with Crippen molar-refractivity contribution in [1.29, 1.82) is 0 Å². The Balaban J connectivity index is 2.05. The number of benzene rings is 1. The minimum Gasteiger partial charge on any atom is -0.340 e. The Bertz CT molecular complexity index is 784. The zero-order valence-corrected chi connectivity index (χ0v) is 12.0. The van der Waals surface area contributed by atoms with E-state index in [0.717, 1.165) is 16.2 Å². The third kappa shape index (κ3) is 2.08. The Morgan fingerprint density at radius 2 is 2.15 bits per heavy atom. The molecular formula is C14H13N3O2S. The highest BCUT2D eigenvalue weighted by Gasteiger charge is 2.14. The molecule has 0 fully saturated rings. The van der Waals surface area contributed by atoms with Gasteiger partial charge >= 0.3 is 0 Å². The van der Waals surface area contributed by atoms with Gasteiger partial charge in [-0.05, 0) is 26.0 Å². The van der Waals surface area contributed by atoms with E-state index < -0.39 is 0 Å². The highest BCUT2D eigenvalue weighted by molar-refractivity contribution is 7.11. The van der Waals surface area contributed by atoms with E-state index >= 15 is 0 Å². The van der Waals surface area contributed by atoms with E-state index in [-0.39, 0.29) is 10.6 Å². The summed E-state index contributed by atoms with van der Waals surface area (Å²) >= 11 is 1.67. The summed E-state index contributed by atoms with van der Waals surface area (Å²) in [6.07, 6.45) is 1.88. The SMILES string of the molecule is Cc1nc(Cn2ccc3c([N+](=O)[O-])cccc32)sc1C. The minimum absolute atomic E-state index is 0.146. The maximum absolute atomic E-state index is 11.0. The summed E-state index contributed by atoms with van der Waals surface area (Å²) in [5, 5.41) is 12.7. The third-order valence-corrected chi connectivity index (χ3v) is 4.42. The van der Waals surface area contributed by atoms with Gasteiger partial charge in [0.2, 0.25) is 0 Å². The van der Waals surface area contributed by atoms with Gasteiger partial charge in [-0.3, -0.25) is 10.1 Å². The van der Waals surface area contributed by atoms with Gasteiger partial charge in [-0.2, -0.15) is 0 Å². The number of nitrogens with zero attached hydrogens (tertiary/aromatic N) is 3. The van der Waals surface area contributed by atoms with Gasteiger partial charge in [-0.15, -0.1) is 11.3 Å². The normalized spacial score (nSPS) is 11.1. The molecule has 0 amide bonds.